The van der Waals surface area contributed by atoms with Gasteiger partial charge in [-0.05, 0) is 38.0 Å². The zero-order valence-electron chi connectivity index (χ0n) is 17.5. The van der Waals surface area contributed by atoms with Gasteiger partial charge in [-0.2, -0.15) is 0 Å². The molecule has 0 aliphatic heterocycles. The lowest BCUT2D eigenvalue weighted by molar-refractivity contribution is 0.334. The fourth-order valence-corrected chi connectivity index (χ4v) is 5.55. The van der Waals surface area contributed by atoms with E-state index in [2.05, 4.69) is 14.8 Å². The second kappa shape index (κ2) is 8.68. The maximum Gasteiger partial charge on any atom is 0.277 e. The van der Waals surface area contributed by atoms with Gasteiger partial charge in [0.25, 0.3) is 5.22 Å². The van der Waals surface area contributed by atoms with Gasteiger partial charge in [0.15, 0.2) is 0 Å². The van der Waals surface area contributed by atoms with E-state index in [4.69, 9.17) is 9.40 Å². The van der Waals surface area contributed by atoms with Gasteiger partial charge in [-0.3, -0.25) is 0 Å². The Balaban J connectivity index is 1.54. The Hall–Kier alpha value is -1.91. The Bertz CT molecular complexity index is 1130. The quantitative estimate of drug-likeness (QED) is 0.503. The normalized spacial score (nSPS) is 16.0. The standard InChI is InChI=1S/C20H27N5O3S2/c1-4-25-17-11-10-15(30(26,27)24(2)3)12-16(17)21-18(25)13-29-20-23-22-19(28-20)14-8-6-5-7-9-14/h10-12,14H,4-9,13H2,1-3H3. The molecule has 2 aromatic heterocycles. The van der Waals surface area contributed by atoms with Crippen molar-refractivity contribution in [3.8, 4) is 0 Å². The van der Waals surface area contributed by atoms with E-state index in [1.807, 2.05) is 13.0 Å². The Morgan fingerprint density at radius 3 is 2.67 bits per heavy atom. The van der Waals surface area contributed by atoms with Gasteiger partial charge in [0.1, 0.15) is 5.82 Å². The van der Waals surface area contributed by atoms with Crippen LogP contribution in [0.2, 0.25) is 0 Å². The number of hydrogen-bond donors (Lipinski definition) is 0. The molecule has 0 radical (unpaired) electrons. The van der Waals surface area contributed by atoms with Crippen LogP contribution in [0.4, 0.5) is 0 Å². The first-order chi connectivity index (χ1) is 14.4. The number of fused-ring (bicyclic) bond motifs is 1. The second-order valence-electron chi connectivity index (χ2n) is 7.74. The van der Waals surface area contributed by atoms with Crippen LogP contribution in [0.1, 0.15) is 56.7 Å². The van der Waals surface area contributed by atoms with Crippen molar-refractivity contribution in [1.82, 2.24) is 24.1 Å². The third-order valence-corrected chi connectivity index (χ3v) is 8.22. The number of aryl methyl sites for hydroxylation is 1. The number of benzene rings is 1. The summed E-state index contributed by atoms with van der Waals surface area (Å²) in [5.74, 6) is 2.57. The van der Waals surface area contributed by atoms with Gasteiger partial charge in [-0.25, -0.2) is 17.7 Å². The average molecular weight is 450 g/mol. The molecule has 162 valence electrons. The minimum absolute atomic E-state index is 0.244. The molecular weight excluding hydrogens is 422 g/mol. The molecule has 1 aromatic carbocycles. The molecule has 0 spiro atoms. The SMILES string of the molecule is CCn1c(CSc2nnc(C3CCCCC3)o2)nc2cc(S(=O)(=O)N(C)C)ccc21. The maximum absolute atomic E-state index is 12.4. The lowest BCUT2D eigenvalue weighted by Gasteiger charge is -2.17. The Labute approximate surface area is 181 Å². The van der Waals surface area contributed by atoms with E-state index < -0.39 is 10.0 Å². The number of sulfonamides is 1. The zero-order valence-corrected chi connectivity index (χ0v) is 19.2. The fraction of sp³-hybridized carbons (Fsp3) is 0.550. The molecule has 0 unspecified atom stereocenters. The number of aromatic nitrogens is 4. The third-order valence-electron chi connectivity index (χ3n) is 5.59. The van der Waals surface area contributed by atoms with Crippen LogP contribution in [0.3, 0.4) is 0 Å². The maximum atomic E-state index is 12.4. The highest BCUT2D eigenvalue weighted by atomic mass is 32.2. The van der Waals surface area contributed by atoms with Crippen LogP contribution in [0, 0.1) is 0 Å². The highest BCUT2D eigenvalue weighted by Crippen LogP contribution is 2.33. The fourth-order valence-electron chi connectivity index (χ4n) is 3.91. The number of rotatable bonds is 7. The van der Waals surface area contributed by atoms with E-state index in [0.29, 0.717) is 22.4 Å². The van der Waals surface area contributed by atoms with E-state index in [1.165, 1.54) is 49.4 Å². The first-order valence-corrected chi connectivity index (χ1v) is 12.7. The van der Waals surface area contributed by atoms with Crippen LogP contribution in [-0.2, 0) is 22.3 Å². The van der Waals surface area contributed by atoms with E-state index >= 15 is 0 Å². The molecular formula is C20H27N5O3S2. The molecule has 0 amide bonds. The summed E-state index contributed by atoms with van der Waals surface area (Å²) in [5, 5.41) is 9.02. The van der Waals surface area contributed by atoms with Gasteiger partial charge in [0, 0.05) is 26.6 Å². The summed E-state index contributed by atoms with van der Waals surface area (Å²) in [6.45, 7) is 2.79. The molecule has 1 aliphatic rings. The molecule has 0 N–H and O–H groups in total. The summed E-state index contributed by atoms with van der Waals surface area (Å²) in [6, 6.07) is 5.10. The van der Waals surface area contributed by atoms with Crippen LogP contribution in [0.15, 0.2) is 32.7 Å². The lowest BCUT2D eigenvalue weighted by Crippen LogP contribution is -2.22. The van der Waals surface area contributed by atoms with E-state index in [1.54, 1.807) is 12.1 Å². The molecule has 0 atom stereocenters. The van der Waals surface area contributed by atoms with Crippen LogP contribution in [0.25, 0.3) is 11.0 Å². The van der Waals surface area contributed by atoms with E-state index in [9.17, 15) is 8.42 Å². The summed E-state index contributed by atoms with van der Waals surface area (Å²) < 4.78 is 34.1. The second-order valence-corrected chi connectivity index (χ2v) is 10.8. The van der Waals surface area contributed by atoms with Crippen molar-refractivity contribution in [2.75, 3.05) is 14.1 Å². The molecule has 1 saturated carbocycles. The highest BCUT2D eigenvalue weighted by molar-refractivity contribution is 7.98. The van der Waals surface area contributed by atoms with Gasteiger partial charge >= 0.3 is 0 Å². The molecule has 2 heterocycles. The lowest BCUT2D eigenvalue weighted by atomic mass is 9.89. The third kappa shape index (κ3) is 4.13. The molecule has 30 heavy (non-hydrogen) atoms. The van der Waals surface area contributed by atoms with Crippen LogP contribution in [-0.4, -0.2) is 46.6 Å². The van der Waals surface area contributed by atoms with Crippen molar-refractivity contribution >= 4 is 32.8 Å². The van der Waals surface area contributed by atoms with Gasteiger partial charge in [-0.1, -0.05) is 31.0 Å². The molecule has 0 bridgehead atoms. The monoisotopic (exact) mass is 449 g/mol. The number of thioether (sulfide) groups is 1. The minimum atomic E-state index is -3.50. The van der Waals surface area contributed by atoms with Crippen molar-refractivity contribution < 1.29 is 12.8 Å². The van der Waals surface area contributed by atoms with E-state index in [-0.39, 0.29) is 4.90 Å². The van der Waals surface area contributed by atoms with Crippen molar-refractivity contribution in [2.24, 2.45) is 0 Å². The summed E-state index contributed by atoms with van der Waals surface area (Å²) >= 11 is 1.47. The molecule has 4 rings (SSSR count). The van der Waals surface area contributed by atoms with Gasteiger partial charge in [0.05, 0.1) is 21.7 Å². The first-order valence-electron chi connectivity index (χ1n) is 10.3. The number of imidazole rings is 1. The van der Waals surface area contributed by atoms with E-state index in [0.717, 1.165) is 36.6 Å². The molecule has 10 heteroatoms. The van der Waals surface area contributed by atoms with Crippen LogP contribution in [0.5, 0.6) is 0 Å². The van der Waals surface area contributed by atoms with Crippen molar-refractivity contribution in [2.45, 2.75) is 67.4 Å². The Kier molecular flexibility index (Phi) is 6.17. The largest absolute Gasteiger partial charge is 0.416 e. The first kappa shape index (κ1) is 21.3. The highest BCUT2D eigenvalue weighted by Gasteiger charge is 2.22. The summed E-state index contributed by atoms with van der Waals surface area (Å²) in [4.78, 5) is 4.94. The predicted octanol–water partition coefficient (Wildman–Crippen LogP) is 4.03. The number of nitrogens with zero attached hydrogens (tertiary/aromatic N) is 5. The van der Waals surface area contributed by atoms with Gasteiger partial charge in [0.2, 0.25) is 15.9 Å². The van der Waals surface area contributed by atoms with Crippen LogP contribution >= 0.6 is 11.8 Å². The average Bonchev–Trinajstić information content (AvgIpc) is 3.36. The van der Waals surface area contributed by atoms with Crippen molar-refractivity contribution in [1.29, 1.82) is 0 Å². The number of hydrogen-bond acceptors (Lipinski definition) is 7. The summed E-state index contributed by atoms with van der Waals surface area (Å²) in [5.41, 5.74) is 1.59. The smallest absolute Gasteiger partial charge is 0.277 e. The molecule has 1 fully saturated rings. The summed E-state index contributed by atoms with van der Waals surface area (Å²) in [6.07, 6.45) is 5.98. The van der Waals surface area contributed by atoms with Gasteiger partial charge < -0.3 is 8.98 Å². The predicted molar refractivity (Wildman–Crippen MR) is 116 cm³/mol. The van der Waals surface area contributed by atoms with Gasteiger partial charge in [-0.15, -0.1) is 10.2 Å². The molecule has 8 nitrogen and oxygen atoms in total. The molecule has 1 aliphatic carbocycles. The van der Waals surface area contributed by atoms with Crippen molar-refractivity contribution in [3.05, 3.63) is 29.9 Å². The van der Waals surface area contributed by atoms with Crippen LogP contribution < -0.4 is 0 Å². The molecule has 3 aromatic rings. The Morgan fingerprint density at radius 1 is 1.20 bits per heavy atom. The summed E-state index contributed by atoms with van der Waals surface area (Å²) in [7, 11) is -0.444. The minimum Gasteiger partial charge on any atom is -0.416 e. The zero-order chi connectivity index (χ0) is 21.3. The topological polar surface area (TPSA) is 94.1 Å². The Morgan fingerprint density at radius 2 is 1.97 bits per heavy atom. The molecule has 0 saturated heterocycles. The van der Waals surface area contributed by atoms with Crippen molar-refractivity contribution in [3.63, 3.8) is 0 Å².